The van der Waals surface area contributed by atoms with Gasteiger partial charge in [-0.3, -0.25) is 4.79 Å². The lowest BCUT2D eigenvalue weighted by atomic mass is 10.0. The molecule has 0 bridgehead atoms. The van der Waals surface area contributed by atoms with Crippen molar-refractivity contribution >= 4 is 28.4 Å². The largest absolute Gasteiger partial charge is 0.351 e. The molecule has 27 heavy (non-hydrogen) atoms. The predicted molar refractivity (Wildman–Crippen MR) is 113 cm³/mol. The van der Waals surface area contributed by atoms with Gasteiger partial charge in [0.25, 0.3) is 5.91 Å². The van der Waals surface area contributed by atoms with E-state index in [4.69, 9.17) is 11.6 Å². The fourth-order valence-corrected chi connectivity index (χ4v) is 3.48. The summed E-state index contributed by atoms with van der Waals surface area (Å²) in [6.45, 7) is 1.73. The zero-order chi connectivity index (χ0) is 19.1. The molecule has 0 atom stereocenters. The molecule has 0 aliphatic rings. The minimum absolute atomic E-state index is 0.0728. The average molecular weight is 384 g/mol. The van der Waals surface area contributed by atoms with E-state index in [1.807, 2.05) is 55.6 Å². The second kappa shape index (κ2) is 9.58. The summed E-state index contributed by atoms with van der Waals surface area (Å²) in [7, 11) is 1.97. The monoisotopic (exact) mass is 383 g/mol. The summed E-state index contributed by atoms with van der Waals surface area (Å²) in [4.78, 5) is 16.1. The Balaban J connectivity index is 1.76. The fraction of sp³-hybridized carbons (Fsp3) is 0.318. The van der Waals surface area contributed by atoms with Crippen LogP contribution in [0.1, 0.15) is 36.2 Å². The highest BCUT2D eigenvalue weighted by molar-refractivity contribution is 6.31. The van der Waals surface area contributed by atoms with Crippen molar-refractivity contribution in [1.82, 2.24) is 15.6 Å². The van der Waals surface area contributed by atoms with Crippen molar-refractivity contribution in [3.8, 4) is 11.1 Å². The maximum absolute atomic E-state index is 12.8. The summed E-state index contributed by atoms with van der Waals surface area (Å²) < 4.78 is 0. The maximum atomic E-state index is 12.8. The van der Waals surface area contributed by atoms with Gasteiger partial charge in [-0.05, 0) is 50.2 Å². The number of aromatic amines is 1. The van der Waals surface area contributed by atoms with Gasteiger partial charge in [-0.2, -0.15) is 0 Å². The van der Waals surface area contributed by atoms with Crippen LogP contribution in [0.3, 0.4) is 0 Å². The van der Waals surface area contributed by atoms with E-state index in [1.165, 1.54) is 12.8 Å². The van der Waals surface area contributed by atoms with E-state index in [9.17, 15) is 4.79 Å². The molecule has 3 rings (SSSR count). The van der Waals surface area contributed by atoms with Crippen LogP contribution in [0.5, 0.6) is 0 Å². The third kappa shape index (κ3) is 4.90. The molecule has 0 unspecified atom stereocenters. The van der Waals surface area contributed by atoms with Gasteiger partial charge in [0.05, 0.1) is 0 Å². The number of aromatic nitrogens is 1. The fourth-order valence-electron chi connectivity index (χ4n) is 3.31. The zero-order valence-electron chi connectivity index (χ0n) is 15.6. The molecular weight excluding hydrogens is 358 g/mol. The molecule has 3 N–H and O–H groups in total. The summed E-state index contributed by atoms with van der Waals surface area (Å²) in [5.74, 6) is -0.0728. The van der Waals surface area contributed by atoms with Gasteiger partial charge in [0.1, 0.15) is 5.69 Å². The topological polar surface area (TPSA) is 56.9 Å². The van der Waals surface area contributed by atoms with Crippen LogP contribution in [0.4, 0.5) is 0 Å². The van der Waals surface area contributed by atoms with Gasteiger partial charge in [0.2, 0.25) is 0 Å². The van der Waals surface area contributed by atoms with Crippen molar-refractivity contribution in [1.29, 1.82) is 0 Å². The highest BCUT2D eigenvalue weighted by atomic mass is 35.5. The molecule has 0 fully saturated rings. The lowest BCUT2D eigenvalue weighted by Crippen LogP contribution is -2.25. The molecule has 142 valence electrons. The van der Waals surface area contributed by atoms with E-state index < -0.39 is 0 Å². The Bertz CT molecular complexity index is 889. The van der Waals surface area contributed by atoms with Crippen LogP contribution in [-0.2, 0) is 0 Å². The Morgan fingerprint density at radius 2 is 1.74 bits per heavy atom. The molecule has 0 spiro atoms. The second-order valence-electron chi connectivity index (χ2n) is 6.70. The highest BCUT2D eigenvalue weighted by Gasteiger charge is 2.19. The summed E-state index contributed by atoms with van der Waals surface area (Å²) in [5, 5.41) is 7.83. The molecule has 0 radical (unpaired) electrons. The third-order valence-electron chi connectivity index (χ3n) is 4.69. The third-order valence-corrected chi connectivity index (χ3v) is 4.92. The molecule has 1 aromatic heterocycles. The van der Waals surface area contributed by atoms with Crippen LogP contribution >= 0.6 is 11.6 Å². The van der Waals surface area contributed by atoms with Crippen molar-refractivity contribution in [2.24, 2.45) is 0 Å². The van der Waals surface area contributed by atoms with Gasteiger partial charge < -0.3 is 15.6 Å². The van der Waals surface area contributed by atoms with Crippen LogP contribution in [0.15, 0.2) is 48.5 Å². The number of carbonyl (C=O) groups is 1. The summed E-state index contributed by atoms with van der Waals surface area (Å²) in [6, 6.07) is 15.6. The number of benzene rings is 2. The summed E-state index contributed by atoms with van der Waals surface area (Å²) >= 11 is 6.20. The number of H-pyrrole nitrogens is 1. The van der Waals surface area contributed by atoms with E-state index in [2.05, 4.69) is 15.6 Å². The average Bonchev–Trinajstić information content (AvgIpc) is 3.06. The molecule has 0 aliphatic carbocycles. The molecular formula is C22H26ClN3O. The Hall–Kier alpha value is -2.30. The zero-order valence-corrected chi connectivity index (χ0v) is 16.4. The second-order valence-corrected chi connectivity index (χ2v) is 7.14. The molecule has 0 saturated heterocycles. The van der Waals surface area contributed by atoms with E-state index in [-0.39, 0.29) is 5.91 Å². The number of hydrogen-bond acceptors (Lipinski definition) is 2. The molecule has 3 aromatic rings. The van der Waals surface area contributed by atoms with Gasteiger partial charge in [-0.25, -0.2) is 0 Å². The van der Waals surface area contributed by atoms with Crippen molar-refractivity contribution in [2.45, 2.75) is 25.7 Å². The number of amides is 1. The number of unbranched alkanes of at least 4 members (excludes halogenated alkanes) is 3. The minimum atomic E-state index is -0.0728. The predicted octanol–water partition coefficient (Wildman–Crippen LogP) is 5.00. The highest BCUT2D eigenvalue weighted by Crippen LogP contribution is 2.34. The first-order chi connectivity index (χ1) is 13.2. The van der Waals surface area contributed by atoms with Crippen LogP contribution in [0.25, 0.3) is 22.0 Å². The van der Waals surface area contributed by atoms with Crippen molar-refractivity contribution in [2.75, 3.05) is 20.1 Å². The van der Waals surface area contributed by atoms with Crippen LogP contribution in [0.2, 0.25) is 5.02 Å². The lowest BCUT2D eigenvalue weighted by Gasteiger charge is -2.07. The van der Waals surface area contributed by atoms with E-state index in [0.717, 1.165) is 41.4 Å². The number of hydrogen-bond donors (Lipinski definition) is 3. The normalized spacial score (nSPS) is 11.0. The van der Waals surface area contributed by atoms with Crippen molar-refractivity contribution < 1.29 is 4.79 Å². The molecule has 1 heterocycles. The molecule has 0 saturated carbocycles. The smallest absolute Gasteiger partial charge is 0.268 e. The van der Waals surface area contributed by atoms with Gasteiger partial charge >= 0.3 is 0 Å². The molecule has 5 heteroatoms. The molecule has 0 aliphatic heterocycles. The summed E-state index contributed by atoms with van der Waals surface area (Å²) in [5.41, 5.74) is 3.41. The molecule has 2 aromatic carbocycles. The number of halogens is 1. The first-order valence-corrected chi connectivity index (χ1v) is 9.88. The van der Waals surface area contributed by atoms with Crippen molar-refractivity contribution in [3.05, 3.63) is 59.2 Å². The Morgan fingerprint density at radius 3 is 2.48 bits per heavy atom. The first kappa shape index (κ1) is 19.5. The number of rotatable bonds is 9. The maximum Gasteiger partial charge on any atom is 0.268 e. The van der Waals surface area contributed by atoms with Crippen molar-refractivity contribution in [3.63, 3.8) is 0 Å². The SMILES string of the molecule is CNCCCCCCNC(=O)c1[nH]c2ccc(Cl)cc2c1-c1ccccc1. The van der Waals surface area contributed by atoms with E-state index in [1.54, 1.807) is 0 Å². The number of nitrogens with one attached hydrogen (secondary N) is 3. The van der Waals surface area contributed by atoms with Gasteiger partial charge in [-0.1, -0.05) is 54.8 Å². The molecule has 1 amide bonds. The number of carbonyl (C=O) groups excluding carboxylic acids is 1. The Morgan fingerprint density at radius 1 is 1.00 bits per heavy atom. The number of fused-ring (bicyclic) bond motifs is 1. The molecule has 4 nitrogen and oxygen atoms in total. The van der Waals surface area contributed by atoms with Crippen LogP contribution < -0.4 is 10.6 Å². The Labute approximate surface area is 165 Å². The van der Waals surface area contributed by atoms with Crippen LogP contribution in [-0.4, -0.2) is 31.0 Å². The minimum Gasteiger partial charge on any atom is -0.351 e. The van der Waals surface area contributed by atoms with E-state index in [0.29, 0.717) is 17.3 Å². The van der Waals surface area contributed by atoms with Gasteiger partial charge in [0.15, 0.2) is 0 Å². The van der Waals surface area contributed by atoms with Crippen LogP contribution in [0, 0.1) is 0 Å². The lowest BCUT2D eigenvalue weighted by molar-refractivity contribution is 0.0949. The summed E-state index contributed by atoms with van der Waals surface area (Å²) in [6.07, 6.45) is 4.46. The van der Waals surface area contributed by atoms with Gasteiger partial charge in [0, 0.05) is 28.0 Å². The first-order valence-electron chi connectivity index (χ1n) is 9.50. The van der Waals surface area contributed by atoms with E-state index >= 15 is 0 Å². The Kier molecular flexibility index (Phi) is 6.91. The quantitative estimate of drug-likeness (QED) is 0.455. The standard InChI is InChI=1S/C22H26ClN3O/c1-24-13-7-2-3-8-14-25-22(27)21-20(16-9-5-4-6-10-16)18-15-17(23)11-12-19(18)26-21/h4-6,9-12,15,24,26H,2-3,7-8,13-14H2,1H3,(H,25,27). The van der Waals surface area contributed by atoms with Gasteiger partial charge in [-0.15, -0.1) is 0 Å².